The van der Waals surface area contributed by atoms with Crippen LogP contribution in [0.5, 0.6) is 0 Å². The molecular formula is C13H14F2N2O3. The number of alkyl halides is 2. The number of carbonyl (C=O) groups is 2. The lowest BCUT2D eigenvalue weighted by Gasteiger charge is -2.23. The molecule has 1 unspecified atom stereocenters. The quantitative estimate of drug-likeness (QED) is 0.890. The summed E-state index contributed by atoms with van der Waals surface area (Å²) in [6, 6.07) is 7.01. The number of hydrogen-bond donors (Lipinski definition) is 2. The molecule has 2 N–H and O–H groups in total. The van der Waals surface area contributed by atoms with Crippen LogP contribution in [0.1, 0.15) is 18.0 Å². The Bertz CT molecular complexity index is 508. The van der Waals surface area contributed by atoms with Crippen molar-refractivity contribution in [2.24, 2.45) is 0 Å². The molecule has 1 aromatic rings. The molecule has 0 radical (unpaired) electrons. The van der Waals surface area contributed by atoms with Gasteiger partial charge in [0, 0.05) is 13.0 Å². The summed E-state index contributed by atoms with van der Waals surface area (Å²) in [5.41, 5.74) is 0.426. The van der Waals surface area contributed by atoms with Crippen LogP contribution in [0.25, 0.3) is 0 Å². The van der Waals surface area contributed by atoms with Crippen LogP contribution in [0, 0.1) is 0 Å². The Balaban J connectivity index is 2.19. The van der Waals surface area contributed by atoms with E-state index in [0.717, 1.165) is 4.90 Å². The number of likely N-dealkylation sites (tertiary alicyclic amines) is 1. The van der Waals surface area contributed by atoms with Crippen molar-refractivity contribution in [3.63, 3.8) is 0 Å². The molecule has 1 saturated heterocycles. The molecule has 1 aliphatic rings. The number of rotatable bonds is 3. The van der Waals surface area contributed by atoms with Crippen molar-refractivity contribution in [1.29, 1.82) is 0 Å². The molecule has 7 heteroatoms. The number of benzene rings is 1. The van der Waals surface area contributed by atoms with Crippen molar-refractivity contribution in [1.82, 2.24) is 10.2 Å². The summed E-state index contributed by atoms with van der Waals surface area (Å²) >= 11 is 0. The first-order valence-electron chi connectivity index (χ1n) is 6.10. The molecule has 1 aromatic carbocycles. The van der Waals surface area contributed by atoms with E-state index in [2.05, 4.69) is 5.32 Å². The van der Waals surface area contributed by atoms with Gasteiger partial charge in [-0.15, -0.1) is 0 Å². The van der Waals surface area contributed by atoms with E-state index in [1.807, 2.05) is 0 Å². The lowest BCUT2D eigenvalue weighted by atomic mass is 10.1. The standard InChI is InChI=1S/C13H14F2N2O3/c14-13(15)6-7-17(8-13)11(18)10(16-12(19)20)9-4-2-1-3-5-9/h1-5,10,16H,6-8H2,(H,19,20). The molecule has 2 rings (SSSR count). The minimum absolute atomic E-state index is 0.0730. The van der Waals surface area contributed by atoms with Crippen molar-refractivity contribution in [2.45, 2.75) is 18.4 Å². The SMILES string of the molecule is O=C(O)NC(C(=O)N1CCC(F)(F)C1)c1ccccc1. The molecule has 0 aromatic heterocycles. The first kappa shape index (κ1) is 14.2. The molecule has 1 atom stereocenters. The fourth-order valence-electron chi connectivity index (χ4n) is 2.16. The van der Waals surface area contributed by atoms with E-state index in [9.17, 15) is 18.4 Å². The number of halogens is 2. The van der Waals surface area contributed by atoms with Crippen LogP contribution >= 0.6 is 0 Å². The maximum atomic E-state index is 13.2. The van der Waals surface area contributed by atoms with Crippen LogP contribution in [0.15, 0.2) is 30.3 Å². The van der Waals surface area contributed by atoms with Gasteiger partial charge in [-0.3, -0.25) is 4.79 Å². The van der Waals surface area contributed by atoms with E-state index < -0.39 is 36.9 Å². The molecule has 0 saturated carbocycles. The number of amides is 2. The number of carbonyl (C=O) groups excluding carboxylic acids is 1. The van der Waals surface area contributed by atoms with Gasteiger partial charge in [-0.25, -0.2) is 13.6 Å². The second-order valence-corrected chi connectivity index (χ2v) is 4.66. The second-order valence-electron chi connectivity index (χ2n) is 4.66. The van der Waals surface area contributed by atoms with Crippen LogP contribution in [0.3, 0.4) is 0 Å². The zero-order valence-electron chi connectivity index (χ0n) is 10.6. The van der Waals surface area contributed by atoms with Crippen molar-refractivity contribution < 1.29 is 23.5 Å². The average molecular weight is 284 g/mol. The molecule has 5 nitrogen and oxygen atoms in total. The van der Waals surface area contributed by atoms with Gasteiger partial charge in [-0.05, 0) is 5.56 Å². The van der Waals surface area contributed by atoms with Gasteiger partial charge in [-0.2, -0.15) is 0 Å². The Kier molecular flexibility index (Phi) is 3.87. The van der Waals surface area contributed by atoms with E-state index in [1.165, 1.54) is 0 Å². The Morgan fingerprint density at radius 3 is 2.45 bits per heavy atom. The first-order valence-corrected chi connectivity index (χ1v) is 6.10. The molecule has 2 amide bonds. The first-order chi connectivity index (χ1) is 9.39. The van der Waals surface area contributed by atoms with Crippen LogP contribution in [0.2, 0.25) is 0 Å². The summed E-state index contributed by atoms with van der Waals surface area (Å²) in [7, 11) is 0. The minimum atomic E-state index is -2.90. The Labute approximate surface area is 114 Å². The molecule has 1 heterocycles. The van der Waals surface area contributed by atoms with Gasteiger partial charge >= 0.3 is 6.09 Å². The fraction of sp³-hybridized carbons (Fsp3) is 0.385. The highest BCUT2D eigenvalue weighted by atomic mass is 19.3. The maximum absolute atomic E-state index is 13.2. The highest BCUT2D eigenvalue weighted by Gasteiger charge is 2.42. The minimum Gasteiger partial charge on any atom is -0.465 e. The van der Waals surface area contributed by atoms with Gasteiger partial charge in [0.25, 0.3) is 5.92 Å². The molecule has 1 aliphatic heterocycles. The third-order valence-electron chi connectivity index (χ3n) is 3.13. The molecule has 0 spiro atoms. The lowest BCUT2D eigenvalue weighted by molar-refractivity contribution is -0.133. The summed E-state index contributed by atoms with van der Waals surface area (Å²) in [6.07, 6.45) is -1.77. The highest BCUT2D eigenvalue weighted by Crippen LogP contribution is 2.29. The fourth-order valence-corrected chi connectivity index (χ4v) is 2.16. The molecule has 1 fully saturated rings. The number of hydrogen-bond acceptors (Lipinski definition) is 2. The molecule has 108 valence electrons. The van der Waals surface area contributed by atoms with Crippen molar-refractivity contribution >= 4 is 12.0 Å². The van der Waals surface area contributed by atoms with Crippen LogP contribution in [0.4, 0.5) is 13.6 Å². The van der Waals surface area contributed by atoms with Gasteiger partial charge in [0.15, 0.2) is 0 Å². The van der Waals surface area contributed by atoms with Gasteiger partial charge in [0.1, 0.15) is 6.04 Å². The van der Waals surface area contributed by atoms with Gasteiger partial charge in [0.05, 0.1) is 6.54 Å². The van der Waals surface area contributed by atoms with Crippen molar-refractivity contribution in [3.8, 4) is 0 Å². The summed E-state index contributed by atoms with van der Waals surface area (Å²) in [5, 5.41) is 10.9. The molecule has 20 heavy (non-hydrogen) atoms. The maximum Gasteiger partial charge on any atom is 0.405 e. The van der Waals surface area contributed by atoms with E-state index >= 15 is 0 Å². The topological polar surface area (TPSA) is 69.6 Å². The van der Waals surface area contributed by atoms with E-state index in [0.29, 0.717) is 5.56 Å². The van der Waals surface area contributed by atoms with Crippen molar-refractivity contribution in [3.05, 3.63) is 35.9 Å². The third-order valence-corrected chi connectivity index (χ3v) is 3.13. The largest absolute Gasteiger partial charge is 0.465 e. The average Bonchev–Trinajstić information content (AvgIpc) is 2.76. The molecular weight excluding hydrogens is 270 g/mol. The van der Waals surface area contributed by atoms with Gasteiger partial charge in [-0.1, -0.05) is 30.3 Å². The van der Waals surface area contributed by atoms with E-state index in [1.54, 1.807) is 30.3 Å². The number of carboxylic acid groups (broad SMARTS) is 1. The normalized spacial score (nSPS) is 18.6. The van der Waals surface area contributed by atoms with Gasteiger partial charge in [0.2, 0.25) is 5.91 Å². The Morgan fingerprint density at radius 2 is 1.95 bits per heavy atom. The Hall–Kier alpha value is -2.18. The third kappa shape index (κ3) is 3.23. The van der Waals surface area contributed by atoms with E-state index in [4.69, 9.17) is 5.11 Å². The smallest absolute Gasteiger partial charge is 0.405 e. The predicted octanol–water partition coefficient (Wildman–Crippen LogP) is 1.86. The zero-order chi connectivity index (χ0) is 14.8. The predicted molar refractivity (Wildman–Crippen MR) is 66.5 cm³/mol. The zero-order valence-corrected chi connectivity index (χ0v) is 10.6. The highest BCUT2D eigenvalue weighted by molar-refractivity contribution is 5.86. The number of nitrogens with zero attached hydrogens (tertiary/aromatic N) is 1. The van der Waals surface area contributed by atoms with Crippen LogP contribution < -0.4 is 5.32 Å². The summed E-state index contributed by atoms with van der Waals surface area (Å²) in [6.45, 7) is -0.743. The van der Waals surface area contributed by atoms with Crippen LogP contribution in [-0.2, 0) is 4.79 Å². The summed E-state index contributed by atoms with van der Waals surface area (Å²) < 4.78 is 26.3. The van der Waals surface area contributed by atoms with Crippen LogP contribution in [-0.4, -0.2) is 41.0 Å². The van der Waals surface area contributed by atoms with Crippen molar-refractivity contribution in [2.75, 3.05) is 13.1 Å². The number of nitrogens with one attached hydrogen (secondary N) is 1. The lowest BCUT2D eigenvalue weighted by Crippen LogP contribution is -2.42. The summed E-state index contributed by atoms with van der Waals surface area (Å²) in [4.78, 5) is 24.0. The van der Waals surface area contributed by atoms with Gasteiger partial charge < -0.3 is 15.3 Å². The molecule has 0 bridgehead atoms. The molecule has 0 aliphatic carbocycles. The monoisotopic (exact) mass is 284 g/mol. The Morgan fingerprint density at radius 1 is 1.30 bits per heavy atom. The van der Waals surface area contributed by atoms with E-state index in [-0.39, 0.29) is 6.54 Å². The summed E-state index contributed by atoms with van der Waals surface area (Å²) in [5.74, 6) is -3.56. The second kappa shape index (κ2) is 5.44.